The third-order valence-electron chi connectivity index (χ3n) is 4.03. The Bertz CT molecular complexity index is 892. The Hall–Kier alpha value is -2.84. The second-order valence-electron chi connectivity index (χ2n) is 5.75. The number of carbonyl (C=O) groups is 1. The molecule has 1 aromatic carbocycles. The summed E-state index contributed by atoms with van der Waals surface area (Å²) in [6.07, 6.45) is 1.80. The minimum Gasteiger partial charge on any atom is -0.454 e. The summed E-state index contributed by atoms with van der Waals surface area (Å²) < 4.78 is 10.8. The number of hydrogen-bond donors (Lipinski definition) is 3. The van der Waals surface area contributed by atoms with Gasteiger partial charge in [0.2, 0.25) is 6.79 Å². The van der Waals surface area contributed by atoms with Gasteiger partial charge in [-0.3, -0.25) is 9.89 Å². The molecule has 1 aliphatic heterocycles. The molecule has 0 saturated heterocycles. The fourth-order valence-corrected chi connectivity index (χ4v) is 3.37. The molecule has 4 rings (SSSR count). The van der Waals surface area contributed by atoms with E-state index in [1.807, 2.05) is 35.7 Å². The van der Waals surface area contributed by atoms with Crippen molar-refractivity contribution in [1.29, 1.82) is 0 Å². The van der Waals surface area contributed by atoms with Crippen molar-refractivity contribution < 1.29 is 14.3 Å². The number of ether oxygens (including phenoxy) is 2. The van der Waals surface area contributed by atoms with Crippen molar-refractivity contribution in [2.75, 3.05) is 19.9 Å². The molecule has 0 fully saturated rings. The maximum absolute atomic E-state index is 11.9. The van der Waals surface area contributed by atoms with E-state index in [0.29, 0.717) is 19.6 Å². The van der Waals surface area contributed by atoms with E-state index in [-0.39, 0.29) is 12.7 Å². The Labute approximate surface area is 154 Å². The van der Waals surface area contributed by atoms with Crippen LogP contribution >= 0.6 is 11.3 Å². The van der Waals surface area contributed by atoms with Crippen molar-refractivity contribution in [3.05, 3.63) is 52.3 Å². The van der Waals surface area contributed by atoms with Crippen molar-refractivity contribution in [2.24, 2.45) is 0 Å². The summed E-state index contributed by atoms with van der Waals surface area (Å²) in [4.78, 5) is 12.6. The SMILES string of the molecule is O=C(NCCNCc1cn[nH]c1-c1ccc2c(c1)OCO2)c1cccs1. The summed E-state index contributed by atoms with van der Waals surface area (Å²) in [6.45, 7) is 2.14. The van der Waals surface area contributed by atoms with Crippen LogP contribution in [0.4, 0.5) is 0 Å². The van der Waals surface area contributed by atoms with Gasteiger partial charge in [0.25, 0.3) is 5.91 Å². The summed E-state index contributed by atoms with van der Waals surface area (Å²) in [5.41, 5.74) is 2.99. The third-order valence-corrected chi connectivity index (χ3v) is 4.90. The number of H-pyrrole nitrogens is 1. The van der Waals surface area contributed by atoms with Gasteiger partial charge in [-0.2, -0.15) is 5.10 Å². The van der Waals surface area contributed by atoms with E-state index in [1.165, 1.54) is 11.3 Å². The Kier molecular flexibility index (Phi) is 4.85. The van der Waals surface area contributed by atoms with Gasteiger partial charge < -0.3 is 20.1 Å². The summed E-state index contributed by atoms with van der Waals surface area (Å²) in [6, 6.07) is 9.51. The van der Waals surface area contributed by atoms with E-state index >= 15 is 0 Å². The number of fused-ring (bicyclic) bond motifs is 1. The van der Waals surface area contributed by atoms with E-state index in [9.17, 15) is 4.79 Å². The normalized spacial score (nSPS) is 12.3. The summed E-state index contributed by atoms with van der Waals surface area (Å²) in [5, 5.41) is 15.3. The summed E-state index contributed by atoms with van der Waals surface area (Å²) >= 11 is 1.44. The van der Waals surface area contributed by atoms with Crippen LogP contribution in [-0.2, 0) is 6.54 Å². The highest BCUT2D eigenvalue weighted by Crippen LogP contribution is 2.36. The molecule has 134 valence electrons. The second kappa shape index (κ2) is 7.59. The fourth-order valence-electron chi connectivity index (χ4n) is 2.73. The first-order chi connectivity index (χ1) is 12.8. The van der Waals surface area contributed by atoms with E-state index in [1.54, 1.807) is 6.20 Å². The zero-order valence-corrected chi connectivity index (χ0v) is 14.8. The highest BCUT2D eigenvalue weighted by Gasteiger charge is 2.16. The smallest absolute Gasteiger partial charge is 0.261 e. The van der Waals surface area contributed by atoms with Crippen LogP contribution in [0.5, 0.6) is 11.5 Å². The van der Waals surface area contributed by atoms with E-state index < -0.39 is 0 Å². The number of nitrogens with zero attached hydrogens (tertiary/aromatic N) is 1. The average molecular weight is 370 g/mol. The number of amides is 1. The molecule has 3 heterocycles. The number of nitrogens with one attached hydrogen (secondary N) is 3. The van der Waals surface area contributed by atoms with Gasteiger partial charge in [-0.1, -0.05) is 6.07 Å². The Morgan fingerprint density at radius 1 is 1.23 bits per heavy atom. The topological polar surface area (TPSA) is 88.3 Å². The first kappa shape index (κ1) is 16.6. The standard InChI is InChI=1S/C18H18N4O3S/c23-18(16-2-1-7-26-16)20-6-5-19-9-13-10-21-22-17(13)12-3-4-14-15(8-12)25-11-24-14/h1-4,7-8,10,19H,5-6,9,11H2,(H,20,23)(H,21,22). The molecule has 8 heteroatoms. The lowest BCUT2D eigenvalue weighted by Crippen LogP contribution is -2.31. The fraction of sp³-hybridized carbons (Fsp3) is 0.222. The lowest BCUT2D eigenvalue weighted by Gasteiger charge is -2.07. The van der Waals surface area contributed by atoms with Crippen LogP contribution in [0.25, 0.3) is 11.3 Å². The van der Waals surface area contributed by atoms with Crippen molar-refractivity contribution in [1.82, 2.24) is 20.8 Å². The van der Waals surface area contributed by atoms with Crippen LogP contribution in [0, 0.1) is 0 Å². The Morgan fingerprint density at radius 3 is 3.04 bits per heavy atom. The quantitative estimate of drug-likeness (QED) is 0.556. The summed E-state index contributed by atoms with van der Waals surface area (Å²) in [5.74, 6) is 1.47. The molecule has 0 atom stereocenters. The zero-order chi connectivity index (χ0) is 17.8. The lowest BCUT2D eigenvalue weighted by molar-refractivity contribution is 0.0958. The molecule has 3 aromatic rings. The minimum absolute atomic E-state index is 0.0360. The van der Waals surface area contributed by atoms with Crippen molar-refractivity contribution in [3.63, 3.8) is 0 Å². The average Bonchev–Trinajstić information content (AvgIpc) is 3.40. The highest BCUT2D eigenvalue weighted by atomic mass is 32.1. The predicted molar refractivity (Wildman–Crippen MR) is 98.5 cm³/mol. The van der Waals surface area contributed by atoms with Crippen LogP contribution in [0.1, 0.15) is 15.2 Å². The van der Waals surface area contributed by atoms with Crippen LogP contribution < -0.4 is 20.1 Å². The van der Waals surface area contributed by atoms with E-state index in [0.717, 1.165) is 33.2 Å². The molecule has 0 saturated carbocycles. The number of aromatic amines is 1. The Balaban J connectivity index is 1.30. The number of benzene rings is 1. The molecule has 0 spiro atoms. The van der Waals surface area contributed by atoms with Gasteiger partial charge in [-0.05, 0) is 29.6 Å². The van der Waals surface area contributed by atoms with Gasteiger partial charge in [0, 0.05) is 30.8 Å². The van der Waals surface area contributed by atoms with Crippen LogP contribution in [-0.4, -0.2) is 36.0 Å². The van der Waals surface area contributed by atoms with Crippen LogP contribution in [0.15, 0.2) is 41.9 Å². The molecule has 3 N–H and O–H groups in total. The van der Waals surface area contributed by atoms with Crippen LogP contribution in [0.2, 0.25) is 0 Å². The maximum Gasteiger partial charge on any atom is 0.261 e. The van der Waals surface area contributed by atoms with Crippen LogP contribution in [0.3, 0.4) is 0 Å². The number of thiophene rings is 1. The molecule has 7 nitrogen and oxygen atoms in total. The van der Waals surface area contributed by atoms with Crippen molar-refractivity contribution in [2.45, 2.75) is 6.54 Å². The minimum atomic E-state index is -0.0360. The summed E-state index contributed by atoms with van der Waals surface area (Å²) in [7, 11) is 0. The number of hydrogen-bond acceptors (Lipinski definition) is 6. The van der Waals surface area contributed by atoms with Crippen molar-refractivity contribution in [3.8, 4) is 22.8 Å². The molecular weight excluding hydrogens is 352 g/mol. The molecule has 26 heavy (non-hydrogen) atoms. The lowest BCUT2D eigenvalue weighted by atomic mass is 10.1. The predicted octanol–water partition coefficient (Wildman–Crippen LogP) is 2.39. The molecule has 2 aromatic heterocycles. The molecule has 1 amide bonds. The van der Waals surface area contributed by atoms with E-state index in [4.69, 9.17) is 9.47 Å². The maximum atomic E-state index is 11.9. The molecule has 0 unspecified atom stereocenters. The highest BCUT2D eigenvalue weighted by molar-refractivity contribution is 7.12. The first-order valence-electron chi connectivity index (χ1n) is 8.26. The largest absolute Gasteiger partial charge is 0.454 e. The molecule has 0 aliphatic carbocycles. The zero-order valence-electron chi connectivity index (χ0n) is 14.0. The van der Waals surface area contributed by atoms with Gasteiger partial charge in [-0.15, -0.1) is 11.3 Å². The first-order valence-corrected chi connectivity index (χ1v) is 9.14. The van der Waals surface area contributed by atoms with Gasteiger partial charge in [0.15, 0.2) is 11.5 Å². The molecule has 0 radical (unpaired) electrons. The Morgan fingerprint density at radius 2 is 2.15 bits per heavy atom. The van der Waals surface area contributed by atoms with E-state index in [2.05, 4.69) is 20.8 Å². The van der Waals surface area contributed by atoms with Gasteiger partial charge in [0.1, 0.15) is 0 Å². The van der Waals surface area contributed by atoms with Crippen molar-refractivity contribution >= 4 is 17.2 Å². The molecule has 1 aliphatic rings. The third kappa shape index (κ3) is 3.56. The van der Waals surface area contributed by atoms with Gasteiger partial charge in [0.05, 0.1) is 16.8 Å². The second-order valence-corrected chi connectivity index (χ2v) is 6.70. The number of aromatic nitrogens is 2. The number of carbonyl (C=O) groups excluding carboxylic acids is 1. The molecule has 0 bridgehead atoms. The van der Waals surface area contributed by atoms with Gasteiger partial charge >= 0.3 is 0 Å². The monoisotopic (exact) mass is 370 g/mol. The number of rotatable bonds is 7. The molecular formula is C18H18N4O3S. The van der Waals surface area contributed by atoms with Gasteiger partial charge in [-0.25, -0.2) is 0 Å².